The van der Waals surface area contributed by atoms with Gasteiger partial charge in [-0.1, -0.05) is 91.6 Å². The van der Waals surface area contributed by atoms with Gasteiger partial charge in [0.05, 0.1) is 0 Å². The van der Waals surface area contributed by atoms with Gasteiger partial charge in [0.25, 0.3) is 0 Å². The second kappa shape index (κ2) is 24.7. The lowest BCUT2D eigenvalue weighted by Crippen LogP contribution is -2.32. The maximum Gasteiger partial charge on any atom is 0.212 e. The predicted molar refractivity (Wildman–Crippen MR) is 304 cm³/mol. The van der Waals surface area contributed by atoms with Gasteiger partial charge in [0.2, 0.25) is 22.8 Å². The first-order valence-corrected chi connectivity index (χ1v) is 25.3. The van der Waals surface area contributed by atoms with E-state index in [4.69, 9.17) is 16.4 Å². The van der Waals surface area contributed by atoms with Crippen LogP contribution in [0.15, 0.2) is 128 Å². The van der Waals surface area contributed by atoms with E-state index in [1.807, 2.05) is 40.0 Å². The Morgan fingerprint density at radius 3 is 1.29 bits per heavy atom. The zero-order valence-electron chi connectivity index (χ0n) is 57.7. The lowest BCUT2D eigenvalue weighted by atomic mass is 9.91. The van der Waals surface area contributed by atoms with Crippen LogP contribution in [-0.2, 0) is 60.2 Å². The predicted octanol–water partition coefficient (Wildman–Crippen LogP) is 14.4. The van der Waals surface area contributed by atoms with E-state index >= 15 is 0 Å². The minimum atomic E-state index is -2.36. The molecule has 4 nitrogen and oxygen atoms in total. The molecule has 0 atom stereocenters. The first-order valence-electron chi connectivity index (χ1n) is 31.3. The lowest BCUT2D eigenvalue weighted by molar-refractivity contribution is -0.661. The average molecular weight is 972 g/mol. The number of hydrogen-bond acceptors (Lipinski definition) is 0. The number of benzene rings is 4. The van der Waals surface area contributed by atoms with Crippen LogP contribution in [0.5, 0.6) is 0 Å². The number of hydrogen-bond donors (Lipinski definition) is 0. The van der Waals surface area contributed by atoms with Gasteiger partial charge < -0.3 is 0 Å². The van der Waals surface area contributed by atoms with E-state index < -0.39 is 32.8 Å². The largest absolute Gasteiger partial charge is 0.212 e. The molecule has 4 aromatic heterocycles. The molecule has 72 heavy (non-hydrogen) atoms. The molecular weight excluding hydrogens is 873 g/mol. The number of aromatic nitrogens is 4. The van der Waals surface area contributed by atoms with Crippen molar-refractivity contribution in [2.24, 2.45) is 28.2 Å². The van der Waals surface area contributed by atoms with Crippen LogP contribution in [0.4, 0.5) is 0 Å². The summed E-state index contributed by atoms with van der Waals surface area (Å²) >= 11 is 0. The Bertz CT molecular complexity index is 3700. The minimum absolute atomic E-state index is 0.0677. The number of fused-ring (bicyclic) bond motifs is 1. The number of nitrogens with zero attached hydrogens (tertiary/aromatic N) is 4. The summed E-state index contributed by atoms with van der Waals surface area (Å²) in [6.45, 7) is 17.9. The number of aryl methyl sites for hydroxylation is 19. The summed E-state index contributed by atoms with van der Waals surface area (Å²) < 4.78 is 103. The van der Waals surface area contributed by atoms with Crippen molar-refractivity contribution in [1.29, 1.82) is 0 Å². The summed E-state index contributed by atoms with van der Waals surface area (Å²) in [4.78, 5) is 0. The van der Waals surface area contributed by atoms with Crippen molar-refractivity contribution in [3.05, 3.63) is 211 Å². The van der Waals surface area contributed by atoms with Crippen molar-refractivity contribution >= 4 is 0 Å². The highest BCUT2D eigenvalue weighted by atomic mass is 14.9. The van der Waals surface area contributed by atoms with Gasteiger partial charge in [-0.15, -0.1) is 0 Å². The monoisotopic (exact) mass is 971 g/mol. The molecule has 374 valence electrons. The summed E-state index contributed by atoms with van der Waals surface area (Å²) in [5.41, 5.74) is 22.3. The zero-order valence-corrected chi connectivity index (χ0v) is 45.7. The molecule has 0 aliphatic heterocycles. The summed E-state index contributed by atoms with van der Waals surface area (Å²) in [6, 6.07) is 34.3. The van der Waals surface area contributed by atoms with Crippen molar-refractivity contribution in [2.75, 3.05) is 0 Å². The van der Waals surface area contributed by atoms with Crippen molar-refractivity contribution in [2.45, 2.75) is 135 Å². The Morgan fingerprint density at radius 2 is 0.833 bits per heavy atom. The van der Waals surface area contributed by atoms with Crippen LogP contribution in [0.2, 0.25) is 0 Å². The molecule has 0 spiro atoms. The van der Waals surface area contributed by atoms with Gasteiger partial charge in [-0.2, -0.15) is 0 Å². The SMILES string of the molecule is CCc1c[n+](C)c(-c2ccc(C)cc2C)cc1C.CCc1ccc(-c2ccc(C)cc2C)[n+](C)c1.[2H]C([2H])([2H])c1cc(-c2ccc(C)cc2C)[n+](C)cc1C([2H])([2H])C.[2H]C([2H])([2H])c1ccc(-c2cc3c(c[n+]2C)C([2H])([2H])CCC3([2H])[2H])c(C)c1. The second-order valence-corrected chi connectivity index (χ2v) is 19.5. The molecule has 0 radical (unpaired) electrons. The molecule has 0 amide bonds. The van der Waals surface area contributed by atoms with E-state index in [1.165, 1.54) is 68.4 Å². The van der Waals surface area contributed by atoms with Crippen molar-refractivity contribution in [1.82, 2.24) is 0 Å². The minimum Gasteiger partial charge on any atom is -0.201 e. The lowest BCUT2D eigenvalue weighted by Gasteiger charge is -2.15. The van der Waals surface area contributed by atoms with Crippen molar-refractivity contribution in [3.8, 4) is 45.0 Å². The van der Waals surface area contributed by atoms with Gasteiger partial charge in [-0.05, 0) is 183 Å². The Hall–Kier alpha value is -6.52. The molecule has 4 aromatic carbocycles. The first kappa shape index (κ1) is 40.0. The van der Waals surface area contributed by atoms with Crippen LogP contribution < -0.4 is 18.3 Å². The van der Waals surface area contributed by atoms with Gasteiger partial charge >= 0.3 is 0 Å². The van der Waals surface area contributed by atoms with Gasteiger partial charge in [-0.3, -0.25) is 0 Å². The van der Waals surface area contributed by atoms with Crippen molar-refractivity contribution < 1.29 is 34.7 Å². The second-order valence-electron chi connectivity index (χ2n) is 19.5. The van der Waals surface area contributed by atoms with Crippen LogP contribution in [0.3, 0.4) is 0 Å². The smallest absolute Gasteiger partial charge is 0.201 e. The highest BCUT2D eigenvalue weighted by Crippen LogP contribution is 2.28. The third kappa shape index (κ3) is 13.5. The third-order valence-electron chi connectivity index (χ3n) is 13.6. The Morgan fingerprint density at radius 1 is 0.403 bits per heavy atom. The first-order chi connectivity index (χ1) is 38.9. The summed E-state index contributed by atoms with van der Waals surface area (Å²) in [6.07, 6.45) is 5.33. The fourth-order valence-electron chi connectivity index (χ4n) is 9.56. The van der Waals surface area contributed by atoms with E-state index in [-0.39, 0.29) is 29.5 Å². The molecule has 9 rings (SSSR count). The van der Waals surface area contributed by atoms with Gasteiger partial charge in [0.15, 0.2) is 24.8 Å². The van der Waals surface area contributed by atoms with Crippen LogP contribution in [-0.4, -0.2) is 0 Å². The third-order valence-corrected chi connectivity index (χ3v) is 13.6. The average Bonchev–Trinajstić information content (AvgIpc) is 1.05. The topological polar surface area (TPSA) is 15.5 Å². The van der Waals surface area contributed by atoms with Gasteiger partial charge in [-0.25, -0.2) is 18.3 Å². The van der Waals surface area contributed by atoms with E-state index in [0.29, 0.717) is 11.1 Å². The Labute approximate surface area is 452 Å². The maximum absolute atomic E-state index is 8.30. The fraction of sp³-hybridized carbons (Fsp3) is 0.353. The van der Waals surface area contributed by atoms with Crippen LogP contribution >= 0.6 is 0 Å². The van der Waals surface area contributed by atoms with Crippen LogP contribution in [0.25, 0.3) is 45.0 Å². The normalized spacial score (nSPS) is 16.0. The molecule has 1 aliphatic rings. The van der Waals surface area contributed by atoms with Gasteiger partial charge in [0, 0.05) is 85.2 Å². The Balaban J connectivity index is 0.000000182. The van der Waals surface area contributed by atoms with Gasteiger partial charge in [0.1, 0.15) is 28.2 Å². The molecule has 1 aliphatic carbocycles. The molecule has 8 aromatic rings. The standard InChI is InChI=1S/C18H22N.2C17H22N.C16H20N/c1-13-8-9-17(14(2)10-13)18-11-15-6-4-5-7-16(15)12-19(18)3;2*1-6-15-11-18(5)17(10-13(15)3)16-8-7-12(2)9-14(16)4;1-5-14-7-9-16(17(4)11-14)15-8-6-12(2)10-13(15)3/h8-12H,4-7H2,1-3H3;2*7-11H,6H2,1-5H3;6-11H,5H2,1-4H3/q4*+1/i1D3,6D2,7D2;3D3,6D2;;. The number of pyridine rings is 4. The molecule has 0 N–H and O–H groups in total. The molecule has 0 bridgehead atoms. The quantitative estimate of drug-likeness (QED) is 0.141. The number of rotatable bonds is 7. The van der Waals surface area contributed by atoms with E-state index in [1.54, 1.807) is 58.9 Å². The Kier molecular flexibility index (Phi) is 13.8. The molecular formula is C68H86N4+4. The summed E-state index contributed by atoms with van der Waals surface area (Å²) in [7, 11) is 7.86. The van der Waals surface area contributed by atoms with E-state index in [9.17, 15) is 0 Å². The zero-order chi connectivity index (χ0) is 62.8. The van der Waals surface area contributed by atoms with Crippen LogP contribution in [0.1, 0.15) is 134 Å². The van der Waals surface area contributed by atoms with Crippen molar-refractivity contribution in [3.63, 3.8) is 0 Å². The van der Waals surface area contributed by atoms with E-state index in [0.717, 1.165) is 52.0 Å². The maximum atomic E-state index is 8.30. The molecule has 4 heterocycles. The summed E-state index contributed by atoms with van der Waals surface area (Å²) in [5, 5.41) is 0. The highest BCUT2D eigenvalue weighted by molar-refractivity contribution is 5.65. The highest BCUT2D eigenvalue weighted by Gasteiger charge is 2.20. The molecule has 0 fully saturated rings. The molecule has 0 saturated heterocycles. The van der Waals surface area contributed by atoms with Crippen LogP contribution in [0, 0.1) is 69.1 Å². The summed E-state index contributed by atoms with van der Waals surface area (Å²) in [5.74, 6) is 0. The van der Waals surface area contributed by atoms with E-state index in [2.05, 4.69) is 145 Å². The fourth-order valence-corrected chi connectivity index (χ4v) is 9.56. The molecule has 4 heteroatoms. The molecule has 0 unspecified atom stereocenters. The molecule has 0 saturated carbocycles.